The smallest absolute Gasteiger partial charge is 0.149 e. The molecule has 3 aromatic heterocycles. The van der Waals surface area contributed by atoms with Crippen LogP contribution >= 0.6 is 0 Å². The summed E-state index contributed by atoms with van der Waals surface area (Å²) in [6.45, 7) is 15.7. The normalized spacial score (nSPS) is 12.1. The number of pyridine rings is 2. The molecule has 49 heavy (non-hydrogen) atoms. The monoisotopic (exact) mass is 642 g/mol. The Morgan fingerprint density at radius 2 is 1.27 bits per heavy atom. The molecule has 0 unspecified atom stereocenters. The van der Waals surface area contributed by atoms with Crippen molar-refractivity contribution >= 4 is 11.0 Å². The van der Waals surface area contributed by atoms with E-state index < -0.39 is 0 Å². The van der Waals surface area contributed by atoms with E-state index in [4.69, 9.17) is 15.0 Å². The Morgan fingerprint density at radius 1 is 0.612 bits per heavy atom. The van der Waals surface area contributed by atoms with Gasteiger partial charge in [0.05, 0.1) is 23.0 Å². The number of phenolic OH excluding ortho intramolecular Hbond substituents is 1. The van der Waals surface area contributed by atoms with E-state index in [0.717, 1.165) is 55.8 Å². The van der Waals surface area contributed by atoms with Gasteiger partial charge in [-0.2, -0.15) is 0 Å². The standard InChI is InChI=1S/C44H42N4O/c1-28-16-17-40(49)36(19-28)42-47-41-37(26-45-27-39(41)48(42)35-13-9-8-10-14-35)31-20-29(21-32(22-31)38-15-11-12-18-46-38)30-23-33(43(2,3)4)25-34(24-30)44(5,6)7/h8-27,49H,1-7H3. The summed E-state index contributed by atoms with van der Waals surface area (Å²) in [4.78, 5) is 14.8. The van der Waals surface area contributed by atoms with E-state index >= 15 is 0 Å². The maximum atomic E-state index is 11.1. The number of para-hydroxylation sites is 1. The summed E-state index contributed by atoms with van der Waals surface area (Å²) in [7, 11) is 0. The topological polar surface area (TPSA) is 63.8 Å². The van der Waals surface area contributed by atoms with Crippen LogP contribution in [0.2, 0.25) is 0 Å². The van der Waals surface area contributed by atoms with Crippen molar-refractivity contribution in [3.8, 4) is 56.3 Å². The molecule has 0 aliphatic rings. The largest absolute Gasteiger partial charge is 0.507 e. The highest BCUT2D eigenvalue weighted by Gasteiger charge is 2.23. The third-order valence-corrected chi connectivity index (χ3v) is 9.18. The van der Waals surface area contributed by atoms with Gasteiger partial charge in [-0.1, -0.05) is 95.6 Å². The highest BCUT2D eigenvalue weighted by Crippen LogP contribution is 2.41. The van der Waals surface area contributed by atoms with E-state index in [1.54, 1.807) is 6.07 Å². The number of benzene rings is 4. The second-order valence-electron chi connectivity index (χ2n) is 15.0. The summed E-state index contributed by atoms with van der Waals surface area (Å²) in [5.74, 6) is 0.839. The molecule has 0 amide bonds. The first kappa shape index (κ1) is 32.0. The molecule has 7 rings (SSSR count). The molecule has 0 aliphatic carbocycles. The molecule has 7 aromatic rings. The molecule has 5 nitrogen and oxygen atoms in total. The number of nitrogens with zero attached hydrogens (tertiary/aromatic N) is 4. The van der Waals surface area contributed by atoms with Crippen molar-refractivity contribution in [3.63, 3.8) is 0 Å². The van der Waals surface area contributed by atoms with E-state index in [-0.39, 0.29) is 16.6 Å². The maximum Gasteiger partial charge on any atom is 0.149 e. The summed E-state index contributed by atoms with van der Waals surface area (Å²) < 4.78 is 2.09. The second-order valence-corrected chi connectivity index (χ2v) is 15.0. The Morgan fingerprint density at radius 3 is 1.94 bits per heavy atom. The van der Waals surface area contributed by atoms with Gasteiger partial charge < -0.3 is 5.11 Å². The van der Waals surface area contributed by atoms with Gasteiger partial charge in [-0.05, 0) is 100 Å². The molecule has 0 saturated carbocycles. The zero-order valence-corrected chi connectivity index (χ0v) is 29.3. The third kappa shape index (κ3) is 6.25. The number of imidazole rings is 1. The van der Waals surface area contributed by atoms with E-state index in [2.05, 4.69) is 101 Å². The number of phenols is 1. The maximum absolute atomic E-state index is 11.1. The van der Waals surface area contributed by atoms with Gasteiger partial charge in [0.25, 0.3) is 0 Å². The lowest BCUT2D eigenvalue weighted by molar-refractivity contribution is 0.476. The molecular formula is C44H42N4O. The molecule has 4 aromatic carbocycles. The molecule has 3 heterocycles. The van der Waals surface area contributed by atoms with Crippen LogP contribution in [0.25, 0.3) is 61.6 Å². The first-order chi connectivity index (χ1) is 23.4. The van der Waals surface area contributed by atoms with Crippen LogP contribution in [0.3, 0.4) is 0 Å². The number of aromatic hydroxyl groups is 1. The van der Waals surface area contributed by atoms with E-state index in [9.17, 15) is 5.11 Å². The van der Waals surface area contributed by atoms with Crippen molar-refractivity contribution in [3.05, 3.63) is 138 Å². The summed E-state index contributed by atoms with van der Waals surface area (Å²) in [6, 6.07) is 35.5. The van der Waals surface area contributed by atoms with Gasteiger partial charge in [0.1, 0.15) is 17.1 Å². The van der Waals surface area contributed by atoms with Crippen LogP contribution in [0.1, 0.15) is 58.2 Å². The number of hydrogen-bond donors (Lipinski definition) is 1. The molecule has 1 N–H and O–H groups in total. The molecule has 0 atom stereocenters. The molecule has 0 spiro atoms. The minimum absolute atomic E-state index is 0.0189. The Kier molecular flexibility index (Phi) is 7.95. The molecule has 5 heteroatoms. The number of fused-ring (bicyclic) bond motifs is 1. The fourth-order valence-corrected chi connectivity index (χ4v) is 6.34. The van der Waals surface area contributed by atoms with Gasteiger partial charge in [-0.3, -0.25) is 14.5 Å². The lowest BCUT2D eigenvalue weighted by Crippen LogP contribution is -2.16. The van der Waals surface area contributed by atoms with Crippen LogP contribution in [0.5, 0.6) is 5.75 Å². The fraction of sp³-hybridized carbons (Fsp3) is 0.205. The van der Waals surface area contributed by atoms with Crippen LogP contribution in [0.4, 0.5) is 0 Å². The Labute approximate surface area is 289 Å². The van der Waals surface area contributed by atoms with Crippen molar-refractivity contribution < 1.29 is 5.11 Å². The van der Waals surface area contributed by atoms with Gasteiger partial charge >= 0.3 is 0 Å². The second kappa shape index (κ2) is 12.2. The number of rotatable bonds is 5. The predicted molar refractivity (Wildman–Crippen MR) is 202 cm³/mol. The minimum Gasteiger partial charge on any atom is -0.507 e. The lowest BCUT2D eigenvalue weighted by Gasteiger charge is -2.26. The SMILES string of the molecule is Cc1ccc(O)c(-c2nc3c(-c4cc(-c5cc(C(C)(C)C)cc(C(C)(C)C)c5)cc(-c5ccccn5)c4)cncc3n2-c2ccccc2)c1. The van der Waals surface area contributed by atoms with E-state index in [1.807, 2.05) is 68.0 Å². The molecule has 0 radical (unpaired) electrons. The number of aromatic nitrogens is 4. The molecule has 0 fully saturated rings. The van der Waals surface area contributed by atoms with Crippen molar-refractivity contribution in [2.24, 2.45) is 0 Å². The van der Waals surface area contributed by atoms with Crippen LogP contribution in [-0.4, -0.2) is 24.6 Å². The van der Waals surface area contributed by atoms with Crippen molar-refractivity contribution in [1.29, 1.82) is 0 Å². The van der Waals surface area contributed by atoms with Gasteiger partial charge in [0.15, 0.2) is 0 Å². The summed E-state index contributed by atoms with van der Waals surface area (Å²) in [5, 5.41) is 11.1. The molecule has 0 aliphatic heterocycles. The third-order valence-electron chi connectivity index (χ3n) is 9.18. The minimum atomic E-state index is -0.0189. The molecule has 0 saturated heterocycles. The van der Waals surface area contributed by atoms with Gasteiger partial charge in [0.2, 0.25) is 0 Å². The molecule has 0 bridgehead atoms. The Hall–Kier alpha value is -5.55. The van der Waals surface area contributed by atoms with Crippen LogP contribution < -0.4 is 0 Å². The Bertz CT molecular complexity index is 2270. The predicted octanol–water partition coefficient (Wildman–Crippen LogP) is 11.1. The zero-order chi connectivity index (χ0) is 34.5. The number of hydrogen-bond acceptors (Lipinski definition) is 4. The summed E-state index contributed by atoms with van der Waals surface area (Å²) in [6.07, 6.45) is 5.60. The van der Waals surface area contributed by atoms with Crippen LogP contribution in [-0.2, 0) is 10.8 Å². The Balaban J connectivity index is 1.52. The average Bonchev–Trinajstić information content (AvgIpc) is 3.48. The van der Waals surface area contributed by atoms with E-state index in [0.29, 0.717) is 11.4 Å². The summed E-state index contributed by atoms with van der Waals surface area (Å²) >= 11 is 0. The first-order valence-corrected chi connectivity index (χ1v) is 16.8. The van der Waals surface area contributed by atoms with Crippen molar-refractivity contribution in [2.75, 3.05) is 0 Å². The van der Waals surface area contributed by atoms with Gasteiger partial charge in [0, 0.05) is 29.2 Å². The fourth-order valence-electron chi connectivity index (χ4n) is 6.34. The zero-order valence-electron chi connectivity index (χ0n) is 29.3. The van der Waals surface area contributed by atoms with E-state index in [1.165, 1.54) is 11.1 Å². The number of aryl methyl sites for hydroxylation is 1. The van der Waals surface area contributed by atoms with Crippen LogP contribution in [0.15, 0.2) is 122 Å². The highest BCUT2D eigenvalue weighted by molar-refractivity contribution is 5.96. The van der Waals surface area contributed by atoms with Crippen molar-refractivity contribution in [1.82, 2.24) is 19.5 Å². The van der Waals surface area contributed by atoms with Gasteiger partial charge in [-0.15, -0.1) is 0 Å². The van der Waals surface area contributed by atoms with Crippen molar-refractivity contribution in [2.45, 2.75) is 59.3 Å². The lowest BCUT2D eigenvalue weighted by atomic mass is 9.78. The average molecular weight is 643 g/mol. The quantitative estimate of drug-likeness (QED) is 0.203. The molecule has 244 valence electrons. The van der Waals surface area contributed by atoms with Crippen LogP contribution in [0, 0.1) is 6.92 Å². The highest BCUT2D eigenvalue weighted by atomic mass is 16.3. The molecular weight excluding hydrogens is 601 g/mol. The summed E-state index contributed by atoms with van der Waals surface area (Å²) in [5.41, 5.74) is 12.9. The van der Waals surface area contributed by atoms with Gasteiger partial charge in [-0.25, -0.2) is 4.98 Å². The first-order valence-electron chi connectivity index (χ1n) is 16.8.